The highest BCUT2D eigenvalue weighted by Gasteiger charge is 2.24. The molecule has 1 aromatic rings. The number of likely N-dealkylation sites (tertiary alicyclic amines) is 1. The zero-order valence-corrected chi connectivity index (χ0v) is 12.1. The Balaban J connectivity index is 2.32. The number of rotatable bonds is 1. The number of amides is 1. The summed E-state index contributed by atoms with van der Waals surface area (Å²) in [6.45, 7) is 1.42. The minimum atomic E-state index is -0.603. The van der Waals surface area contributed by atoms with Gasteiger partial charge in [0.05, 0.1) is 10.6 Å². The molecule has 0 aliphatic carbocycles. The molecule has 0 N–H and O–H groups in total. The third kappa shape index (κ3) is 2.73. The van der Waals surface area contributed by atoms with E-state index in [-0.39, 0.29) is 16.5 Å². The zero-order valence-electron chi connectivity index (χ0n) is 9.18. The molecular weight excluding hydrogens is 355 g/mol. The van der Waals surface area contributed by atoms with Crippen LogP contribution in [0.1, 0.15) is 29.6 Å². The number of hydrogen-bond acceptors (Lipinski definition) is 1. The molecule has 1 saturated heterocycles. The highest BCUT2D eigenvalue weighted by atomic mass is 127. The Bertz CT molecular complexity index is 446. The largest absolute Gasteiger partial charge is 0.339 e. The predicted molar refractivity (Wildman–Crippen MR) is 73.9 cm³/mol. The second-order valence-electron chi connectivity index (χ2n) is 4.07. The monoisotopic (exact) mass is 367 g/mol. The molecule has 0 atom stereocenters. The van der Waals surface area contributed by atoms with Gasteiger partial charge in [-0.15, -0.1) is 0 Å². The van der Waals surface area contributed by atoms with Crippen LogP contribution in [0.5, 0.6) is 0 Å². The van der Waals surface area contributed by atoms with E-state index in [0.717, 1.165) is 19.3 Å². The number of nitrogens with zero attached hydrogens (tertiary/aromatic N) is 1. The predicted octanol–water partition coefficient (Wildman–Crippen LogP) is 3.71. The van der Waals surface area contributed by atoms with Gasteiger partial charge in [-0.3, -0.25) is 4.79 Å². The topological polar surface area (TPSA) is 20.3 Å². The molecule has 1 aromatic carbocycles. The van der Waals surface area contributed by atoms with Gasteiger partial charge in [-0.25, -0.2) is 4.39 Å². The van der Waals surface area contributed by atoms with Crippen LogP contribution in [0.4, 0.5) is 4.39 Å². The molecular formula is C12H12ClFINO. The van der Waals surface area contributed by atoms with E-state index < -0.39 is 5.82 Å². The zero-order chi connectivity index (χ0) is 12.4. The molecule has 1 fully saturated rings. The van der Waals surface area contributed by atoms with Crippen LogP contribution in [0.3, 0.4) is 0 Å². The fourth-order valence-electron chi connectivity index (χ4n) is 1.98. The van der Waals surface area contributed by atoms with Crippen molar-refractivity contribution in [3.05, 3.63) is 32.1 Å². The normalized spacial score (nSPS) is 16.1. The quantitative estimate of drug-likeness (QED) is 0.547. The van der Waals surface area contributed by atoms with Crippen molar-refractivity contribution in [1.29, 1.82) is 0 Å². The van der Waals surface area contributed by atoms with E-state index in [1.807, 2.05) is 22.6 Å². The Hall–Kier alpha value is -0.360. The summed E-state index contributed by atoms with van der Waals surface area (Å²) in [5, 5.41) is 0.00535. The lowest BCUT2D eigenvalue weighted by molar-refractivity contribution is 0.0718. The SMILES string of the molecule is O=C(c1c(I)ccc(Cl)c1F)N1CCCCC1. The van der Waals surface area contributed by atoms with Crippen LogP contribution in [0.25, 0.3) is 0 Å². The fourth-order valence-corrected chi connectivity index (χ4v) is 2.78. The average molecular weight is 368 g/mol. The third-order valence-corrected chi connectivity index (χ3v) is 4.09. The van der Waals surface area contributed by atoms with Gasteiger partial charge in [0.15, 0.2) is 5.82 Å². The molecule has 92 valence electrons. The first-order chi connectivity index (χ1) is 8.11. The smallest absolute Gasteiger partial charge is 0.257 e. The van der Waals surface area contributed by atoms with Gasteiger partial charge >= 0.3 is 0 Å². The lowest BCUT2D eigenvalue weighted by Gasteiger charge is -2.27. The van der Waals surface area contributed by atoms with Crippen LogP contribution in [-0.2, 0) is 0 Å². The van der Waals surface area contributed by atoms with Gasteiger partial charge in [0.2, 0.25) is 0 Å². The Morgan fingerprint density at radius 1 is 1.29 bits per heavy atom. The van der Waals surface area contributed by atoms with Crippen LogP contribution in [0, 0.1) is 9.39 Å². The molecule has 1 aliphatic rings. The van der Waals surface area contributed by atoms with Gasteiger partial charge in [-0.2, -0.15) is 0 Å². The summed E-state index contributed by atoms with van der Waals surface area (Å²) in [6.07, 6.45) is 3.12. The van der Waals surface area contributed by atoms with Crippen molar-refractivity contribution < 1.29 is 9.18 Å². The summed E-state index contributed by atoms with van der Waals surface area (Å²) in [6, 6.07) is 3.15. The lowest BCUT2D eigenvalue weighted by Crippen LogP contribution is -2.36. The van der Waals surface area contributed by atoms with Gasteiger partial charge in [0.25, 0.3) is 5.91 Å². The minimum Gasteiger partial charge on any atom is -0.339 e. The Kier molecular flexibility index (Phi) is 4.25. The van der Waals surface area contributed by atoms with Crippen molar-refractivity contribution in [3.8, 4) is 0 Å². The summed E-state index contributed by atoms with van der Waals surface area (Å²) in [7, 11) is 0. The van der Waals surface area contributed by atoms with Crippen LogP contribution in [0.2, 0.25) is 5.02 Å². The molecule has 2 nitrogen and oxygen atoms in total. The molecule has 0 spiro atoms. The van der Waals surface area contributed by atoms with E-state index in [2.05, 4.69) is 0 Å². The molecule has 0 bridgehead atoms. The first kappa shape index (κ1) is 13.1. The third-order valence-electron chi connectivity index (χ3n) is 2.90. The first-order valence-corrected chi connectivity index (χ1v) is 6.99. The van der Waals surface area contributed by atoms with E-state index in [1.54, 1.807) is 11.0 Å². The molecule has 0 saturated carbocycles. The van der Waals surface area contributed by atoms with Crippen molar-refractivity contribution in [1.82, 2.24) is 4.90 Å². The van der Waals surface area contributed by atoms with Gasteiger partial charge in [-0.1, -0.05) is 11.6 Å². The van der Waals surface area contributed by atoms with Gasteiger partial charge in [0.1, 0.15) is 0 Å². The molecule has 1 aliphatic heterocycles. The van der Waals surface area contributed by atoms with Crippen LogP contribution < -0.4 is 0 Å². The first-order valence-electron chi connectivity index (χ1n) is 5.54. The van der Waals surface area contributed by atoms with E-state index in [0.29, 0.717) is 16.7 Å². The van der Waals surface area contributed by atoms with E-state index in [4.69, 9.17) is 11.6 Å². The summed E-state index contributed by atoms with van der Waals surface area (Å²) in [5.41, 5.74) is 0.111. The Labute approximate surface area is 118 Å². The summed E-state index contributed by atoms with van der Waals surface area (Å²) < 4.78 is 14.5. The number of benzene rings is 1. The maximum absolute atomic E-state index is 13.9. The van der Waals surface area contributed by atoms with E-state index >= 15 is 0 Å². The van der Waals surface area contributed by atoms with Crippen molar-refractivity contribution >= 4 is 40.1 Å². The van der Waals surface area contributed by atoms with Crippen molar-refractivity contribution in [2.75, 3.05) is 13.1 Å². The Morgan fingerprint density at radius 2 is 1.94 bits per heavy atom. The lowest BCUT2D eigenvalue weighted by atomic mass is 10.1. The standard InChI is InChI=1S/C12H12ClFINO/c13-8-4-5-9(15)10(11(8)14)12(17)16-6-2-1-3-7-16/h4-5H,1-3,6-7H2. The van der Waals surface area contributed by atoms with E-state index in [9.17, 15) is 9.18 Å². The van der Waals surface area contributed by atoms with Crippen LogP contribution >= 0.6 is 34.2 Å². The number of piperidine rings is 1. The summed E-state index contributed by atoms with van der Waals surface area (Å²) in [5.74, 6) is -0.844. The molecule has 0 radical (unpaired) electrons. The molecule has 1 amide bonds. The molecule has 5 heteroatoms. The Morgan fingerprint density at radius 3 is 2.59 bits per heavy atom. The number of hydrogen-bond donors (Lipinski definition) is 0. The van der Waals surface area contributed by atoms with Gasteiger partial charge in [-0.05, 0) is 54.0 Å². The molecule has 2 rings (SSSR count). The summed E-state index contributed by atoms with van der Waals surface area (Å²) in [4.78, 5) is 13.9. The van der Waals surface area contributed by atoms with Crippen LogP contribution in [-0.4, -0.2) is 23.9 Å². The number of carbonyl (C=O) groups excluding carboxylic acids is 1. The van der Waals surface area contributed by atoms with Crippen molar-refractivity contribution in [2.24, 2.45) is 0 Å². The van der Waals surface area contributed by atoms with Crippen molar-refractivity contribution in [2.45, 2.75) is 19.3 Å². The molecule has 17 heavy (non-hydrogen) atoms. The maximum Gasteiger partial charge on any atom is 0.257 e. The highest BCUT2D eigenvalue weighted by Crippen LogP contribution is 2.25. The fraction of sp³-hybridized carbons (Fsp3) is 0.417. The second kappa shape index (κ2) is 5.52. The van der Waals surface area contributed by atoms with Gasteiger partial charge < -0.3 is 4.90 Å². The van der Waals surface area contributed by atoms with Crippen molar-refractivity contribution in [3.63, 3.8) is 0 Å². The molecule has 0 unspecified atom stereocenters. The average Bonchev–Trinajstić information content (AvgIpc) is 2.35. The molecule has 0 aromatic heterocycles. The molecule has 1 heterocycles. The maximum atomic E-state index is 13.9. The minimum absolute atomic E-state index is 0.00535. The van der Waals surface area contributed by atoms with E-state index in [1.165, 1.54) is 6.07 Å². The highest BCUT2D eigenvalue weighted by molar-refractivity contribution is 14.1. The number of carbonyl (C=O) groups is 1. The summed E-state index contributed by atoms with van der Waals surface area (Å²) >= 11 is 7.69. The second-order valence-corrected chi connectivity index (χ2v) is 5.64. The van der Waals surface area contributed by atoms with Gasteiger partial charge in [0, 0.05) is 16.7 Å². The number of halogens is 3. The van der Waals surface area contributed by atoms with Crippen LogP contribution in [0.15, 0.2) is 12.1 Å².